The maximum atomic E-state index is 12.7. The van der Waals surface area contributed by atoms with Crippen LogP contribution in [0.2, 0.25) is 0 Å². The molecule has 24 heavy (non-hydrogen) atoms. The number of hydrogen-bond donors (Lipinski definition) is 2. The zero-order valence-corrected chi connectivity index (χ0v) is 12.8. The molecule has 0 saturated carbocycles. The van der Waals surface area contributed by atoms with Gasteiger partial charge in [0.25, 0.3) is 5.91 Å². The molecule has 0 spiro atoms. The minimum Gasteiger partial charge on any atom is -0.486 e. The quantitative estimate of drug-likeness (QED) is 0.713. The Morgan fingerprint density at radius 1 is 1.29 bits per heavy atom. The lowest BCUT2D eigenvalue weighted by atomic mass is 10.0. The summed E-state index contributed by atoms with van der Waals surface area (Å²) in [7, 11) is 0. The topological polar surface area (TPSA) is 105 Å². The van der Waals surface area contributed by atoms with E-state index in [2.05, 4.69) is 5.32 Å². The Labute approximate surface area is 137 Å². The summed E-state index contributed by atoms with van der Waals surface area (Å²) < 4.78 is 11.3. The van der Waals surface area contributed by atoms with Gasteiger partial charge in [0, 0.05) is 17.5 Å². The van der Waals surface area contributed by atoms with Crippen molar-refractivity contribution >= 4 is 17.7 Å². The van der Waals surface area contributed by atoms with Crippen LogP contribution in [0.3, 0.4) is 0 Å². The Morgan fingerprint density at radius 2 is 2.12 bits per heavy atom. The van der Waals surface area contributed by atoms with Crippen molar-refractivity contribution < 1.29 is 29.0 Å². The number of piperidine rings is 1. The zero-order valence-electron chi connectivity index (χ0n) is 12.8. The van der Waals surface area contributed by atoms with Gasteiger partial charge in [0.2, 0.25) is 11.8 Å². The minimum absolute atomic E-state index is 0.187. The molecule has 0 unspecified atom stereocenters. The summed E-state index contributed by atoms with van der Waals surface area (Å²) in [6.07, 6.45) is 0.0353. The number of imide groups is 1. The van der Waals surface area contributed by atoms with Crippen LogP contribution < -0.4 is 14.8 Å². The van der Waals surface area contributed by atoms with E-state index in [4.69, 9.17) is 9.47 Å². The maximum absolute atomic E-state index is 12.7. The molecule has 0 bridgehead atoms. The number of benzene rings is 1. The summed E-state index contributed by atoms with van der Waals surface area (Å²) in [5.74, 6) is -0.0682. The number of carbonyl (C=O) groups is 3. The Kier molecular flexibility index (Phi) is 3.42. The molecule has 1 aromatic carbocycles. The van der Waals surface area contributed by atoms with Gasteiger partial charge in [-0.1, -0.05) is 0 Å². The van der Waals surface area contributed by atoms with Crippen LogP contribution in [0, 0.1) is 0 Å². The second-order valence-corrected chi connectivity index (χ2v) is 6.05. The van der Waals surface area contributed by atoms with Crippen molar-refractivity contribution in [3.05, 3.63) is 23.3 Å². The van der Waals surface area contributed by atoms with E-state index in [1.165, 1.54) is 4.90 Å². The third-order valence-corrected chi connectivity index (χ3v) is 4.54. The highest BCUT2D eigenvalue weighted by Crippen LogP contribution is 2.42. The number of rotatable bonds is 2. The number of aliphatic hydroxyl groups excluding tert-OH is 1. The van der Waals surface area contributed by atoms with Gasteiger partial charge in [-0.15, -0.1) is 0 Å². The minimum atomic E-state index is -0.670. The molecular formula is C16H16N2O6. The molecule has 1 aromatic rings. The van der Waals surface area contributed by atoms with E-state index in [0.29, 0.717) is 29.0 Å². The average Bonchev–Trinajstić information content (AvgIpc) is 2.91. The van der Waals surface area contributed by atoms with Gasteiger partial charge in [-0.3, -0.25) is 19.7 Å². The number of hydrogen-bond acceptors (Lipinski definition) is 6. The van der Waals surface area contributed by atoms with Crippen molar-refractivity contribution in [1.82, 2.24) is 10.2 Å². The van der Waals surface area contributed by atoms with Crippen molar-refractivity contribution in [3.8, 4) is 11.5 Å². The van der Waals surface area contributed by atoms with Gasteiger partial charge >= 0.3 is 0 Å². The number of ether oxygens (including phenoxy) is 2. The lowest BCUT2D eigenvalue weighted by molar-refractivity contribution is -0.136. The van der Waals surface area contributed by atoms with E-state index in [-0.39, 0.29) is 38.0 Å². The van der Waals surface area contributed by atoms with E-state index in [1.807, 2.05) is 0 Å². The zero-order chi connectivity index (χ0) is 16.8. The van der Waals surface area contributed by atoms with Crippen LogP contribution in [0.1, 0.15) is 28.8 Å². The van der Waals surface area contributed by atoms with Gasteiger partial charge in [-0.2, -0.15) is 0 Å². The van der Waals surface area contributed by atoms with Crippen LogP contribution in [0.5, 0.6) is 11.5 Å². The molecule has 8 heteroatoms. The van der Waals surface area contributed by atoms with Crippen molar-refractivity contribution in [1.29, 1.82) is 0 Å². The molecular weight excluding hydrogens is 316 g/mol. The lowest BCUT2D eigenvalue weighted by Crippen LogP contribution is -2.52. The Hall–Kier alpha value is -2.61. The first kappa shape index (κ1) is 14.9. The third-order valence-electron chi connectivity index (χ3n) is 4.54. The first-order chi connectivity index (χ1) is 11.6. The fourth-order valence-electron chi connectivity index (χ4n) is 3.31. The largest absolute Gasteiger partial charge is 0.486 e. The second-order valence-electron chi connectivity index (χ2n) is 6.05. The molecule has 3 amide bonds. The molecule has 3 heterocycles. The van der Waals surface area contributed by atoms with Gasteiger partial charge < -0.3 is 19.5 Å². The number of nitrogens with one attached hydrogen (secondary N) is 1. The van der Waals surface area contributed by atoms with Crippen molar-refractivity contribution in [3.63, 3.8) is 0 Å². The highest BCUT2D eigenvalue weighted by molar-refractivity contribution is 6.05. The summed E-state index contributed by atoms with van der Waals surface area (Å²) in [4.78, 5) is 37.5. The van der Waals surface area contributed by atoms with Gasteiger partial charge in [0.15, 0.2) is 17.6 Å². The van der Waals surface area contributed by atoms with Crippen molar-refractivity contribution in [2.45, 2.75) is 31.5 Å². The smallest absolute Gasteiger partial charge is 0.255 e. The van der Waals surface area contributed by atoms with Crippen LogP contribution in [-0.4, -0.2) is 53.1 Å². The first-order valence-corrected chi connectivity index (χ1v) is 7.79. The van der Waals surface area contributed by atoms with Crippen LogP contribution >= 0.6 is 0 Å². The number of amides is 3. The molecule has 1 saturated heterocycles. The van der Waals surface area contributed by atoms with E-state index >= 15 is 0 Å². The monoisotopic (exact) mass is 332 g/mol. The van der Waals surface area contributed by atoms with Crippen molar-refractivity contribution in [2.75, 3.05) is 13.2 Å². The van der Waals surface area contributed by atoms with Gasteiger partial charge in [0.05, 0.1) is 13.2 Å². The molecule has 2 atom stereocenters. The van der Waals surface area contributed by atoms with Gasteiger partial charge in [-0.05, 0) is 18.6 Å². The van der Waals surface area contributed by atoms with Crippen LogP contribution in [-0.2, 0) is 16.1 Å². The molecule has 0 aromatic heterocycles. The summed E-state index contributed by atoms with van der Waals surface area (Å²) in [5, 5.41) is 11.5. The highest BCUT2D eigenvalue weighted by atomic mass is 16.6. The van der Waals surface area contributed by atoms with E-state index < -0.39 is 18.1 Å². The standard InChI is InChI=1S/C16H16N2O6/c19-6-8-7-23-12-3-1-9-10(14(12)24-8)5-18(16(9)22)11-2-4-13(20)17-15(11)21/h1,3,8,11,19H,2,4-7H2,(H,17,20,21)/t8-,11+/m1/s1. The van der Waals surface area contributed by atoms with E-state index in [1.54, 1.807) is 12.1 Å². The predicted octanol–water partition coefficient (Wildman–Crippen LogP) is -0.420. The molecule has 0 radical (unpaired) electrons. The molecule has 8 nitrogen and oxygen atoms in total. The molecule has 3 aliphatic rings. The number of carbonyl (C=O) groups excluding carboxylic acids is 3. The average molecular weight is 332 g/mol. The molecule has 0 aliphatic carbocycles. The normalized spacial score (nSPS) is 25.5. The van der Waals surface area contributed by atoms with Gasteiger partial charge in [0.1, 0.15) is 12.6 Å². The second kappa shape index (κ2) is 5.48. The number of fused-ring (bicyclic) bond motifs is 3. The Balaban J connectivity index is 1.65. The van der Waals surface area contributed by atoms with E-state index in [9.17, 15) is 19.5 Å². The van der Waals surface area contributed by atoms with Crippen molar-refractivity contribution in [2.24, 2.45) is 0 Å². The highest BCUT2D eigenvalue weighted by Gasteiger charge is 2.41. The van der Waals surface area contributed by atoms with Crippen LogP contribution in [0.15, 0.2) is 12.1 Å². The maximum Gasteiger partial charge on any atom is 0.255 e. The lowest BCUT2D eigenvalue weighted by Gasteiger charge is -2.29. The summed E-state index contributed by atoms with van der Waals surface area (Å²) >= 11 is 0. The summed E-state index contributed by atoms with van der Waals surface area (Å²) in [5.41, 5.74) is 1.11. The molecule has 2 N–H and O–H groups in total. The first-order valence-electron chi connectivity index (χ1n) is 7.79. The number of aliphatic hydroxyl groups is 1. The Morgan fingerprint density at radius 3 is 2.88 bits per heavy atom. The SMILES string of the molecule is O=C1CC[C@H](N2Cc3c(ccc4c3O[C@H](CO)CO4)C2=O)C(=O)N1. The van der Waals surface area contributed by atoms with Crippen LogP contribution in [0.4, 0.5) is 0 Å². The Bertz CT molecular complexity index is 746. The summed E-state index contributed by atoms with van der Waals surface area (Å²) in [6, 6.07) is 2.65. The molecule has 3 aliphatic heterocycles. The fourth-order valence-corrected chi connectivity index (χ4v) is 3.31. The fraction of sp³-hybridized carbons (Fsp3) is 0.438. The van der Waals surface area contributed by atoms with Crippen LogP contribution in [0.25, 0.3) is 0 Å². The molecule has 1 fully saturated rings. The number of nitrogens with zero attached hydrogens (tertiary/aromatic N) is 1. The van der Waals surface area contributed by atoms with E-state index in [0.717, 1.165) is 0 Å². The predicted molar refractivity (Wildman–Crippen MR) is 79.5 cm³/mol. The summed E-state index contributed by atoms with van der Waals surface area (Å²) in [6.45, 7) is 0.270. The molecule has 126 valence electrons. The van der Waals surface area contributed by atoms with Gasteiger partial charge in [-0.25, -0.2) is 0 Å². The molecule has 4 rings (SSSR count). The third kappa shape index (κ3) is 2.22.